The van der Waals surface area contributed by atoms with Gasteiger partial charge in [-0.25, -0.2) is 0 Å². The highest BCUT2D eigenvalue weighted by molar-refractivity contribution is 7.58. The molecule has 0 aliphatic heterocycles. The molecule has 0 aromatic carbocycles. The Balaban J connectivity index is 5.11. The minimum Gasteiger partial charge on any atom is -0.309 e. The molecule has 0 aliphatic carbocycles. The number of rotatable bonds is 13. The standard InChI is InChI=1S/C15H34O6P2/c1-8-18-22(16,19-9-2)12-15(7)23(17,20-10-13(3)4)21-11-14(5)6/h13-15H,8-12H2,1-7H3. The summed E-state index contributed by atoms with van der Waals surface area (Å²) in [5.74, 6) is 0.451. The smallest absolute Gasteiger partial charge is 0.309 e. The lowest BCUT2D eigenvalue weighted by atomic mass is 10.2. The lowest BCUT2D eigenvalue weighted by Crippen LogP contribution is -2.19. The molecule has 23 heavy (non-hydrogen) atoms. The van der Waals surface area contributed by atoms with Crippen LogP contribution in [0.15, 0.2) is 0 Å². The predicted octanol–water partition coefficient (Wildman–Crippen LogP) is 5.18. The normalized spacial score (nSPS) is 14.7. The Morgan fingerprint density at radius 2 is 1.13 bits per heavy atom. The predicted molar refractivity (Wildman–Crippen MR) is 94.4 cm³/mol. The van der Waals surface area contributed by atoms with Gasteiger partial charge in [-0.3, -0.25) is 9.13 Å². The van der Waals surface area contributed by atoms with Crippen LogP contribution in [0.2, 0.25) is 0 Å². The van der Waals surface area contributed by atoms with E-state index >= 15 is 0 Å². The fraction of sp³-hybridized carbons (Fsp3) is 1.00. The topological polar surface area (TPSA) is 71.1 Å². The molecule has 8 heteroatoms. The monoisotopic (exact) mass is 372 g/mol. The van der Waals surface area contributed by atoms with Crippen molar-refractivity contribution in [2.45, 2.75) is 54.1 Å². The summed E-state index contributed by atoms with van der Waals surface area (Å²) in [5, 5.41) is 0. The van der Waals surface area contributed by atoms with Gasteiger partial charge in [0, 0.05) is 0 Å². The first-order valence-corrected chi connectivity index (χ1v) is 11.7. The quantitative estimate of drug-likeness (QED) is 0.415. The first kappa shape index (κ1) is 23.3. The van der Waals surface area contributed by atoms with Crippen molar-refractivity contribution in [3.8, 4) is 0 Å². The van der Waals surface area contributed by atoms with Gasteiger partial charge < -0.3 is 18.1 Å². The Morgan fingerprint density at radius 3 is 1.43 bits per heavy atom. The summed E-state index contributed by atoms with van der Waals surface area (Å²) in [7, 11) is -6.69. The molecule has 0 rings (SSSR count). The van der Waals surface area contributed by atoms with Crippen molar-refractivity contribution in [1.29, 1.82) is 0 Å². The van der Waals surface area contributed by atoms with Crippen molar-refractivity contribution in [2.75, 3.05) is 32.6 Å². The Bertz CT molecular complexity index is 385. The number of hydrogen-bond donors (Lipinski definition) is 0. The van der Waals surface area contributed by atoms with E-state index in [4.69, 9.17) is 18.1 Å². The van der Waals surface area contributed by atoms with Crippen LogP contribution in [0.3, 0.4) is 0 Å². The summed E-state index contributed by atoms with van der Waals surface area (Å²) in [4.78, 5) is 0. The second-order valence-corrected chi connectivity index (χ2v) is 11.0. The highest BCUT2D eigenvalue weighted by Crippen LogP contribution is 2.60. The van der Waals surface area contributed by atoms with Gasteiger partial charge in [-0.05, 0) is 25.7 Å². The minimum atomic E-state index is -3.39. The van der Waals surface area contributed by atoms with Gasteiger partial charge in [0.2, 0.25) is 0 Å². The van der Waals surface area contributed by atoms with Crippen LogP contribution in [0.5, 0.6) is 0 Å². The average Bonchev–Trinajstić information content (AvgIpc) is 2.43. The summed E-state index contributed by atoms with van der Waals surface area (Å²) in [6, 6.07) is 0. The van der Waals surface area contributed by atoms with E-state index in [0.717, 1.165) is 0 Å². The zero-order valence-electron chi connectivity index (χ0n) is 15.6. The van der Waals surface area contributed by atoms with Gasteiger partial charge in [0.1, 0.15) is 0 Å². The van der Waals surface area contributed by atoms with Gasteiger partial charge in [0.25, 0.3) is 0 Å². The van der Waals surface area contributed by atoms with Crippen LogP contribution < -0.4 is 0 Å². The maximum atomic E-state index is 13.1. The molecule has 0 heterocycles. The van der Waals surface area contributed by atoms with Crippen molar-refractivity contribution in [1.82, 2.24) is 0 Å². The van der Waals surface area contributed by atoms with Crippen molar-refractivity contribution in [3.05, 3.63) is 0 Å². The Morgan fingerprint density at radius 1 is 0.739 bits per heavy atom. The second kappa shape index (κ2) is 11.0. The van der Waals surface area contributed by atoms with Gasteiger partial charge in [0.15, 0.2) is 0 Å². The van der Waals surface area contributed by atoms with Crippen molar-refractivity contribution in [3.63, 3.8) is 0 Å². The third-order valence-corrected chi connectivity index (χ3v) is 7.72. The molecule has 6 nitrogen and oxygen atoms in total. The van der Waals surface area contributed by atoms with Crippen LogP contribution in [0.1, 0.15) is 48.5 Å². The first-order chi connectivity index (χ1) is 10.6. The van der Waals surface area contributed by atoms with Crippen LogP contribution in [0.4, 0.5) is 0 Å². The lowest BCUT2D eigenvalue weighted by molar-refractivity contribution is 0.167. The third kappa shape index (κ3) is 9.38. The van der Waals surface area contributed by atoms with Gasteiger partial charge in [0.05, 0.1) is 38.2 Å². The summed E-state index contributed by atoms with van der Waals surface area (Å²) in [6.07, 6.45) is 0.0160. The molecule has 0 radical (unpaired) electrons. The molecule has 0 aliphatic rings. The van der Waals surface area contributed by atoms with E-state index in [-0.39, 0.29) is 31.2 Å². The minimum absolute atomic E-state index is 0.0160. The molecule has 0 saturated heterocycles. The largest absolute Gasteiger partial charge is 0.334 e. The zero-order chi connectivity index (χ0) is 18.1. The van der Waals surface area contributed by atoms with Crippen LogP contribution in [-0.4, -0.2) is 38.2 Å². The van der Waals surface area contributed by atoms with Crippen LogP contribution in [0, 0.1) is 11.8 Å². The molecule has 140 valence electrons. The molecule has 0 aromatic rings. The summed E-state index contributed by atoms with van der Waals surface area (Å²) < 4.78 is 47.6. The summed E-state index contributed by atoms with van der Waals surface area (Å²) in [6.45, 7) is 14.3. The third-order valence-electron chi connectivity index (χ3n) is 2.85. The average molecular weight is 372 g/mol. The maximum absolute atomic E-state index is 13.1. The van der Waals surface area contributed by atoms with Crippen molar-refractivity contribution < 1.29 is 27.2 Å². The van der Waals surface area contributed by atoms with Gasteiger partial charge >= 0.3 is 15.2 Å². The molecule has 0 amide bonds. The van der Waals surface area contributed by atoms with Gasteiger partial charge in [-0.1, -0.05) is 34.6 Å². The van der Waals surface area contributed by atoms with E-state index in [9.17, 15) is 9.13 Å². The summed E-state index contributed by atoms with van der Waals surface area (Å²) in [5.41, 5.74) is -0.566. The van der Waals surface area contributed by atoms with Crippen molar-refractivity contribution in [2.24, 2.45) is 11.8 Å². The highest BCUT2D eigenvalue weighted by Gasteiger charge is 2.39. The first-order valence-electron chi connectivity index (χ1n) is 8.35. The lowest BCUT2D eigenvalue weighted by Gasteiger charge is -2.28. The molecule has 0 fully saturated rings. The molecule has 0 spiro atoms. The molecule has 0 N–H and O–H groups in total. The molecule has 1 unspecified atom stereocenters. The second-order valence-electron chi connectivity index (χ2n) is 6.40. The van der Waals surface area contributed by atoms with E-state index in [1.165, 1.54) is 0 Å². The van der Waals surface area contributed by atoms with Crippen LogP contribution >= 0.6 is 15.2 Å². The van der Waals surface area contributed by atoms with E-state index in [2.05, 4.69) is 0 Å². The fourth-order valence-corrected chi connectivity index (χ4v) is 6.47. The Labute approximate surface area is 141 Å². The highest BCUT2D eigenvalue weighted by atomic mass is 31.2. The number of hydrogen-bond acceptors (Lipinski definition) is 6. The van der Waals surface area contributed by atoms with Gasteiger partial charge in [-0.2, -0.15) is 0 Å². The van der Waals surface area contributed by atoms with Crippen molar-refractivity contribution >= 4 is 15.2 Å². The maximum Gasteiger partial charge on any atom is 0.334 e. The zero-order valence-corrected chi connectivity index (χ0v) is 17.4. The van der Waals surface area contributed by atoms with Crippen LogP contribution in [-0.2, 0) is 27.2 Å². The van der Waals surface area contributed by atoms with Gasteiger partial charge in [-0.15, -0.1) is 0 Å². The molecule has 1 atom stereocenters. The fourth-order valence-electron chi connectivity index (χ4n) is 1.76. The Hall–Kier alpha value is 0.300. The SMILES string of the molecule is CCOP(=O)(CC(C)P(=O)(OCC(C)C)OCC(C)C)OCC. The van der Waals surface area contributed by atoms with Crippen LogP contribution in [0.25, 0.3) is 0 Å². The Kier molecular flexibility index (Phi) is 11.2. The van der Waals surface area contributed by atoms with E-state index in [1.54, 1.807) is 20.8 Å². The molecule has 0 aromatic heterocycles. The van der Waals surface area contributed by atoms with E-state index in [1.807, 2.05) is 27.7 Å². The molecule has 0 saturated carbocycles. The molecular weight excluding hydrogens is 338 g/mol. The van der Waals surface area contributed by atoms with E-state index in [0.29, 0.717) is 13.2 Å². The molecule has 0 bridgehead atoms. The molecular formula is C15H34O6P2. The summed E-state index contributed by atoms with van der Waals surface area (Å²) >= 11 is 0. The van der Waals surface area contributed by atoms with E-state index < -0.39 is 20.9 Å².